The maximum Gasteiger partial charge on any atom is 0.352 e. The molecule has 2 amide bonds. The van der Waals surface area contributed by atoms with E-state index in [1.165, 1.54) is 35.3 Å². The van der Waals surface area contributed by atoms with Crippen molar-refractivity contribution in [1.29, 1.82) is 0 Å². The van der Waals surface area contributed by atoms with E-state index in [4.69, 9.17) is 10.6 Å². The third kappa shape index (κ3) is 5.94. The first-order chi connectivity index (χ1) is 24.0. The van der Waals surface area contributed by atoms with Crippen molar-refractivity contribution in [3.05, 3.63) is 62.3 Å². The summed E-state index contributed by atoms with van der Waals surface area (Å²) >= 11 is 2.44. The molecule has 3 aromatic rings. The zero-order chi connectivity index (χ0) is 35.4. The predicted octanol–water partition coefficient (Wildman–Crippen LogP) is 1.12. The highest BCUT2D eigenvalue weighted by Gasteiger charge is 2.54. The Morgan fingerprint density at radius 3 is 2.50 bits per heavy atom. The second kappa shape index (κ2) is 13.0. The Hall–Kier alpha value is -5.01. The zero-order valence-corrected chi connectivity index (χ0v) is 28.1. The topological polar surface area (TPSA) is 213 Å². The Morgan fingerprint density at radius 2 is 1.88 bits per heavy atom. The number of carbonyl (C=O) groups excluding carboxylic acids is 2. The number of pyridine rings is 1. The third-order valence-corrected chi connectivity index (χ3v) is 11.1. The monoisotopic (exact) mass is 726 g/mol. The number of nitrogen functional groups attached to an aromatic ring is 1. The summed E-state index contributed by atoms with van der Waals surface area (Å²) in [6, 6.07) is 1.78. The van der Waals surface area contributed by atoms with Crippen LogP contribution in [0.15, 0.2) is 44.9 Å². The Morgan fingerprint density at radius 1 is 1.14 bits per heavy atom. The fourth-order valence-electron chi connectivity index (χ4n) is 6.53. The molecule has 0 radical (unpaired) electrons. The molecule has 19 heteroatoms. The van der Waals surface area contributed by atoms with Crippen LogP contribution in [0.3, 0.4) is 0 Å². The molecule has 1 aliphatic carbocycles. The SMILES string of the molecule is CO/N=C(/C(=O)N[C@@H]1C(=O)N2C(C(=O)O)=C(CN3CCN(c4cc5c(cc4F)c(=O)c(C(=O)O)cn5C4CC4)CC3)CS[C@H]12)c1csc(N)n1. The van der Waals surface area contributed by atoms with Crippen LogP contribution in [0.2, 0.25) is 0 Å². The first-order valence-electron chi connectivity index (χ1n) is 15.6. The van der Waals surface area contributed by atoms with Crippen molar-refractivity contribution in [3.8, 4) is 0 Å². The molecule has 7 rings (SSSR count). The number of benzene rings is 1. The van der Waals surface area contributed by atoms with Gasteiger partial charge in [0.2, 0.25) is 5.43 Å². The van der Waals surface area contributed by atoms with Crippen LogP contribution in [0.1, 0.15) is 34.9 Å². The number of carbonyl (C=O) groups is 4. The summed E-state index contributed by atoms with van der Waals surface area (Å²) in [6.07, 6.45) is 3.01. The minimum atomic E-state index is -1.36. The highest BCUT2D eigenvalue weighted by atomic mass is 32.2. The molecule has 3 aliphatic heterocycles. The van der Waals surface area contributed by atoms with Gasteiger partial charge in [0.15, 0.2) is 10.8 Å². The standard InChI is InChI=1S/C31H31FN8O8S2/c1-48-36-22(19-13-50-31(33)34-19)26(42)35-23-27(43)40-24(30(46)47)14(12-49-28(23)40)10-37-4-6-38(7-5-37)21-9-20-16(8-18(21)32)25(41)17(29(44)45)11-39(20)15-2-3-15/h8-9,11,13,15,23,28H,2-7,10,12H2,1H3,(H2,33,34)(H,35,42)(H,44,45)(H,46,47)/b36-22+/t23-,28-/m1/s1. The molecular weight excluding hydrogens is 696 g/mol. The number of thiazole rings is 1. The molecule has 50 heavy (non-hydrogen) atoms. The van der Waals surface area contributed by atoms with Gasteiger partial charge in [-0.2, -0.15) is 0 Å². The number of piperazine rings is 1. The summed E-state index contributed by atoms with van der Waals surface area (Å²) in [6.45, 7) is 2.00. The number of nitrogens with one attached hydrogen (secondary N) is 1. The molecular formula is C31H31FN8O8S2. The highest BCUT2D eigenvalue weighted by molar-refractivity contribution is 8.00. The van der Waals surface area contributed by atoms with Crippen molar-refractivity contribution in [2.75, 3.05) is 56.2 Å². The molecule has 16 nitrogen and oxygen atoms in total. The molecule has 2 aromatic heterocycles. The maximum atomic E-state index is 15.5. The lowest BCUT2D eigenvalue weighted by Crippen LogP contribution is -2.71. The number of amides is 2. The number of nitrogens with two attached hydrogens (primary N) is 1. The van der Waals surface area contributed by atoms with E-state index in [9.17, 15) is 34.2 Å². The molecule has 4 aliphatic rings. The van der Waals surface area contributed by atoms with Crippen LogP contribution in [-0.4, -0.2) is 116 Å². The first-order valence-corrected chi connectivity index (χ1v) is 17.5. The molecule has 5 heterocycles. The zero-order valence-electron chi connectivity index (χ0n) is 26.5. The second-order valence-corrected chi connectivity index (χ2v) is 14.2. The van der Waals surface area contributed by atoms with E-state index in [-0.39, 0.29) is 40.2 Å². The van der Waals surface area contributed by atoms with E-state index in [0.717, 1.165) is 30.2 Å². The Kier molecular flexibility index (Phi) is 8.73. The van der Waals surface area contributed by atoms with Crippen LogP contribution in [-0.2, 0) is 19.2 Å². The molecule has 0 bridgehead atoms. The van der Waals surface area contributed by atoms with Crippen molar-refractivity contribution in [3.63, 3.8) is 0 Å². The number of carboxylic acids is 2. The van der Waals surface area contributed by atoms with Gasteiger partial charge in [-0.15, -0.1) is 23.1 Å². The summed E-state index contributed by atoms with van der Waals surface area (Å²) in [5.74, 6) is -4.23. The van der Waals surface area contributed by atoms with Gasteiger partial charge in [0.1, 0.15) is 41.3 Å². The summed E-state index contributed by atoms with van der Waals surface area (Å²) < 4.78 is 17.2. The number of β-lactam (4-membered cyclic amide) rings is 1. The van der Waals surface area contributed by atoms with E-state index in [1.54, 1.807) is 10.6 Å². The van der Waals surface area contributed by atoms with Crippen molar-refractivity contribution >= 4 is 74.3 Å². The Bertz CT molecular complexity index is 2070. The van der Waals surface area contributed by atoms with Gasteiger partial charge in [-0.25, -0.2) is 19.0 Å². The van der Waals surface area contributed by atoms with Gasteiger partial charge in [-0.1, -0.05) is 5.16 Å². The number of thioether (sulfide) groups is 1. The van der Waals surface area contributed by atoms with E-state index < -0.39 is 52.0 Å². The lowest BCUT2D eigenvalue weighted by Gasteiger charge is -2.50. The molecule has 5 N–H and O–H groups in total. The number of anilines is 2. The van der Waals surface area contributed by atoms with Crippen molar-refractivity contribution < 1.29 is 38.6 Å². The number of aromatic nitrogens is 2. The number of aromatic carboxylic acids is 1. The smallest absolute Gasteiger partial charge is 0.352 e. The van der Waals surface area contributed by atoms with Crippen molar-refractivity contribution in [1.82, 2.24) is 24.7 Å². The number of nitrogens with zero attached hydrogens (tertiary/aromatic N) is 6. The van der Waals surface area contributed by atoms with Crippen LogP contribution in [0.25, 0.3) is 10.9 Å². The average molecular weight is 727 g/mol. The number of rotatable bonds is 10. The molecule has 0 unspecified atom stereocenters. The summed E-state index contributed by atoms with van der Waals surface area (Å²) in [7, 11) is 1.26. The van der Waals surface area contributed by atoms with Gasteiger partial charge in [0.25, 0.3) is 11.8 Å². The van der Waals surface area contributed by atoms with Crippen LogP contribution >= 0.6 is 23.1 Å². The van der Waals surface area contributed by atoms with E-state index in [2.05, 4.69) is 15.5 Å². The van der Waals surface area contributed by atoms with Crippen LogP contribution in [0.5, 0.6) is 0 Å². The van der Waals surface area contributed by atoms with Gasteiger partial charge in [0, 0.05) is 61.5 Å². The lowest BCUT2D eigenvalue weighted by molar-refractivity contribution is -0.150. The molecule has 1 aromatic carbocycles. The fourth-order valence-corrected chi connectivity index (χ4v) is 8.41. The number of hydrogen-bond donors (Lipinski definition) is 4. The summed E-state index contributed by atoms with van der Waals surface area (Å²) in [4.78, 5) is 77.2. The molecule has 0 spiro atoms. The maximum absolute atomic E-state index is 15.5. The number of hydrogen-bond acceptors (Lipinski definition) is 13. The summed E-state index contributed by atoms with van der Waals surface area (Å²) in [5, 5.41) is 27.2. The lowest BCUT2D eigenvalue weighted by atomic mass is 10.0. The Labute approximate surface area is 290 Å². The van der Waals surface area contributed by atoms with Gasteiger partial charge >= 0.3 is 11.9 Å². The number of halogens is 1. The van der Waals surface area contributed by atoms with Gasteiger partial charge in [-0.05, 0) is 30.5 Å². The fraction of sp³-hybridized carbons (Fsp3) is 0.387. The van der Waals surface area contributed by atoms with Gasteiger partial charge in [0.05, 0.1) is 11.2 Å². The molecule has 3 fully saturated rings. The highest BCUT2D eigenvalue weighted by Crippen LogP contribution is 2.41. The Balaban J connectivity index is 1.04. The molecule has 2 atom stereocenters. The quantitative estimate of drug-likeness (QED) is 0.131. The second-order valence-electron chi connectivity index (χ2n) is 12.2. The number of carboxylic acid groups (broad SMARTS) is 2. The first kappa shape index (κ1) is 33.5. The molecule has 1 saturated carbocycles. The molecule has 262 valence electrons. The molecule has 2 saturated heterocycles. The van der Waals surface area contributed by atoms with Gasteiger partial charge in [-0.3, -0.25) is 24.2 Å². The number of fused-ring (bicyclic) bond motifs is 2. The van der Waals surface area contributed by atoms with E-state index in [1.807, 2.05) is 9.80 Å². The largest absolute Gasteiger partial charge is 0.477 e. The third-order valence-electron chi connectivity index (χ3n) is 9.10. The number of aliphatic carboxylic acids is 1. The average Bonchev–Trinajstić information content (AvgIpc) is 3.85. The van der Waals surface area contributed by atoms with Crippen LogP contribution in [0, 0.1) is 5.82 Å². The minimum Gasteiger partial charge on any atom is -0.477 e. The minimum absolute atomic E-state index is 0.0217. The van der Waals surface area contributed by atoms with E-state index >= 15 is 4.39 Å². The van der Waals surface area contributed by atoms with E-state index in [0.29, 0.717) is 48.7 Å². The predicted molar refractivity (Wildman–Crippen MR) is 182 cm³/mol. The normalized spacial score (nSPS) is 21.2. The van der Waals surface area contributed by atoms with Crippen molar-refractivity contribution in [2.45, 2.75) is 30.3 Å². The number of oxime groups is 1. The van der Waals surface area contributed by atoms with Gasteiger partial charge < -0.3 is 35.6 Å². The van der Waals surface area contributed by atoms with Crippen LogP contribution in [0.4, 0.5) is 15.2 Å². The van der Waals surface area contributed by atoms with Crippen molar-refractivity contribution in [2.24, 2.45) is 5.16 Å². The summed E-state index contributed by atoms with van der Waals surface area (Å²) in [5.41, 5.74) is 5.77. The van der Waals surface area contributed by atoms with Crippen LogP contribution < -0.4 is 21.4 Å².